The summed E-state index contributed by atoms with van der Waals surface area (Å²) in [5.41, 5.74) is 7.14. The summed E-state index contributed by atoms with van der Waals surface area (Å²) in [6.45, 7) is 7.30. The summed E-state index contributed by atoms with van der Waals surface area (Å²) in [5, 5.41) is 3.30. The summed E-state index contributed by atoms with van der Waals surface area (Å²) < 4.78 is 18.9. The van der Waals surface area contributed by atoms with Crippen LogP contribution in [0, 0.1) is 5.82 Å². The Morgan fingerprint density at radius 3 is 2.70 bits per heavy atom. The van der Waals surface area contributed by atoms with Gasteiger partial charge in [-0.25, -0.2) is 4.39 Å². The zero-order valence-electron chi connectivity index (χ0n) is 16.1. The number of rotatable bonds is 6. The van der Waals surface area contributed by atoms with Crippen LogP contribution < -0.4 is 11.1 Å². The fourth-order valence-corrected chi connectivity index (χ4v) is 4.16. The Morgan fingerprint density at radius 2 is 2.04 bits per heavy atom. The lowest BCUT2D eigenvalue weighted by molar-refractivity contribution is 0.0531. The van der Waals surface area contributed by atoms with Crippen LogP contribution in [0.1, 0.15) is 38.2 Å². The summed E-state index contributed by atoms with van der Waals surface area (Å²) in [7, 11) is 0. The zero-order valence-corrected chi connectivity index (χ0v) is 18.5. The van der Waals surface area contributed by atoms with E-state index in [1.807, 2.05) is 12.1 Å². The number of halogens is 2. The molecule has 0 aliphatic carbocycles. The molecule has 2 aliphatic heterocycles. The van der Waals surface area contributed by atoms with Crippen molar-refractivity contribution < 1.29 is 9.13 Å². The molecule has 0 radical (unpaired) electrons. The van der Waals surface area contributed by atoms with Crippen LogP contribution in [0.4, 0.5) is 4.39 Å². The van der Waals surface area contributed by atoms with Crippen LogP contribution >= 0.6 is 24.0 Å². The Morgan fingerprint density at radius 1 is 1.33 bits per heavy atom. The largest absolute Gasteiger partial charge is 0.381 e. The van der Waals surface area contributed by atoms with Gasteiger partial charge in [-0.15, -0.1) is 24.0 Å². The first-order valence-corrected chi connectivity index (χ1v) is 9.74. The van der Waals surface area contributed by atoms with Gasteiger partial charge in [0.05, 0.1) is 6.54 Å². The van der Waals surface area contributed by atoms with Gasteiger partial charge in [0.25, 0.3) is 0 Å². The number of benzene rings is 1. The minimum absolute atomic E-state index is 0. The van der Waals surface area contributed by atoms with Gasteiger partial charge in [-0.05, 0) is 56.5 Å². The van der Waals surface area contributed by atoms with Gasteiger partial charge in [-0.1, -0.05) is 19.1 Å². The monoisotopic (exact) mass is 490 g/mol. The predicted molar refractivity (Wildman–Crippen MR) is 118 cm³/mol. The van der Waals surface area contributed by atoms with E-state index in [0.717, 1.165) is 31.5 Å². The highest BCUT2D eigenvalue weighted by Crippen LogP contribution is 2.35. The lowest BCUT2D eigenvalue weighted by Gasteiger charge is -2.36. The van der Waals surface area contributed by atoms with Crippen molar-refractivity contribution in [3.05, 3.63) is 35.6 Å². The van der Waals surface area contributed by atoms with Gasteiger partial charge in [0.15, 0.2) is 5.96 Å². The predicted octanol–water partition coefficient (Wildman–Crippen LogP) is 2.88. The van der Waals surface area contributed by atoms with Crippen molar-refractivity contribution >= 4 is 29.9 Å². The van der Waals surface area contributed by atoms with Crippen LogP contribution in [0.25, 0.3) is 0 Å². The number of hydrogen-bond acceptors (Lipinski definition) is 3. The SMILES string of the molecule is CCN1CCCC1CNC(N)=NCC1(c2ccc(F)cc2)CCOCC1.I. The highest BCUT2D eigenvalue weighted by Gasteiger charge is 2.34. The fourth-order valence-electron chi connectivity index (χ4n) is 4.16. The third-order valence-electron chi connectivity index (χ3n) is 5.88. The summed E-state index contributed by atoms with van der Waals surface area (Å²) in [5.74, 6) is 0.290. The minimum Gasteiger partial charge on any atom is -0.381 e. The number of nitrogens with two attached hydrogens (primary N) is 1. The van der Waals surface area contributed by atoms with Gasteiger partial charge < -0.3 is 15.8 Å². The van der Waals surface area contributed by atoms with Crippen molar-refractivity contribution in [2.24, 2.45) is 10.7 Å². The first-order valence-electron chi connectivity index (χ1n) is 9.74. The topological polar surface area (TPSA) is 62.9 Å². The number of aliphatic imine (C=N–C) groups is 1. The molecule has 1 aromatic carbocycles. The minimum atomic E-state index is -0.210. The molecule has 2 fully saturated rings. The molecule has 152 valence electrons. The van der Waals surface area contributed by atoms with E-state index < -0.39 is 0 Å². The van der Waals surface area contributed by atoms with Crippen molar-refractivity contribution in [2.75, 3.05) is 39.4 Å². The van der Waals surface area contributed by atoms with Gasteiger partial charge in [-0.3, -0.25) is 9.89 Å². The molecule has 0 spiro atoms. The molecule has 0 saturated carbocycles. The number of hydrogen-bond donors (Lipinski definition) is 2. The molecule has 2 saturated heterocycles. The maximum Gasteiger partial charge on any atom is 0.188 e. The lowest BCUT2D eigenvalue weighted by Crippen LogP contribution is -2.44. The van der Waals surface area contributed by atoms with Crippen molar-refractivity contribution in [3.8, 4) is 0 Å². The summed E-state index contributed by atoms with van der Waals surface area (Å²) in [6.07, 6.45) is 4.22. The van der Waals surface area contributed by atoms with Crippen LogP contribution in [0.3, 0.4) is 0 Å². The Kier molecular flexibility index (Phi) is 8.75. The Bertz CT molecular complexity index is 605. The first-order chi connectivity index (χ1) is 12.6. The summed E-state index contributed by atoms with van der Waals surface area (Å²) >= 11 is 0. The molecular weight excluding hydrogens is 458 g/mol. The molecule has 1 unspecified atom stereocenters. The molecule has 0 bridgehead atoms. The standard InChI is InChI=1S/C20H31FN4O.HI/c1-2-25-11-3-4-18(25)14-23-19(22)24-15-20(9-12-26-13-10-20)16-5-7-17(21)8-6-16;/h5-8,18H,2-4,9-15H2,1H3,(H3,22,23,24);1H. The second-order valence-electron chi connectivity index (χ2n) is 7.41. The number of guanidine groups is 1. The molecule has 2 aliphatic rings. The molecule has 0 aromatic heterocycles. The average molecular weight is 490 g/mol. The van der Waals surface area contributed by atoms with Gasteiger partial charge in [0.2, 0.25) is 0 Å². The molecule has 27 heavy (non-hydrogen) atoms. The zero-order chi connectivity index (χ0) is 18.4. The molecular formula is C20H32FIN4O. The fraction of sp³-hybridized carbons (Fsp3) is 0.650. The van der Waals surface area contributed by atoms with E-state index >= 15 is 0 Å². The highest BCUT2D eigenvalue weighted by atomic mass is 127. The molecule has 7 heteroatoms. The van der Waals surface area contributed by atoms with Crippen LogP contribution in [0.15, 0.2) is 29.3 Å². The molecule has 3 N–H and O–H groups in total. The number of nitrogens with zero attached hydrogens (tertiary/aromatic N) is 2. The van der Waals surface area contributed by atoms with Crippen LogP contribution in [-0.4, -0.2) is 56.3 Å². The quantitative estimate of drug-likeness (QED) is 0.366. The van der Waals surface area contributed by atoms with E-state index in [4.69, 9.17) is 10.5 Å². The third-order valence-corrected chi connectivity index (χ3v) is 5.88. The van der Waals surface area contributed by atoms with Crippen molar-refractivity contribution in [3.63, 3.8) is 0 Å². The van der Waals surface area contributed by atoms with E-state index in [1.54, 1.807) is 0 Å². The van der Waals surface area contributed by atoms with E-state index in [0.29, 0.717) is 31.8 Å². The molecule has 3 rings (SSSR count). The number of likely N-dealkylation sites (tertiary alicyclic amines) is 1. The van der Waals surface area contributed by atoms with Gasteiger partial charge in [0.1, 0.15) is 5.82 Å². The highest BCUT2D eigenvalue weighted by molar-refractivity contribution is 14.0. The Labute approximate surface area is 178 Å². The van der Waals surface area contributed by atoms with E-state index in [2.05, 4.69) is 22.1 Å². The maximum atomic E-state index is 13.3. The second-order valence-corrected chi connectivity index (χ2v) is 7.41. The third kappa shape index (κ3) is 5.77. The van der Waals surface area contributed by atoms with Crippen LogP contribution in [-0.2, 0) is 10.2 Å². The van der Waals surface area contributed by atoms with Crippen molar-refractivity contribution in [1.29, 1.82) is 0 Å². The number of nitrogens with one attached hydrogen (secondary N) is 1. The van der Waals surface area contributed by atoms with Gasteiger partial charge in [0, 0.05) is 31.2 Å². The lowest BCUT2D eigenvalue weighted by atomic mass is 9.74. The summed E-state index contributed by atoms with van der Waals surface area (Å²) in [6, 6.07) is 7.34. The number of likely N-dealkylation sites (N-methyl/N-ethyl adjacent to an activating group) is 1. The molecule has 1 atom stereocenters. The number of ether oxygens (including phenoxy) is 1. The molecule has 5 nitrogen and oxygen atoms in total. The van der Waals surface area contributed by atoms with E-state index in [1.165, 1.54) is 31.5 Å². The Hall–Kier alpha value is -0.930. The van der Waals surface area contributed by atoms with Crippen LogP contribution in [0.5, 0.6) is 0 Å². The average Bonchev–Trinajstić information content (AvgIpc) is 3.13. The Balaban J connectivity index is 0.00000261. The van der Waals surface area contributed by atoms with E-state index in [-0.39, 0.29) is 35.2 Å². The van der Waals surface area contributed by atoms with Crippen LogP contribution in [0.2, 0.25) is 0 Å². The van der Waals surface area contributed by atoms with Gasteiger partial charge in [-0.2, -0.15) is 0 Å². The second kappa shape index (κ2) is 10.6. The molecule has 1 aromatic rings. The first kappa shape index (κ1) is 22.4. The molecule has 2 heterocycles. The molecule has 0 amide bonds. The van der Waals surface area contributed by atoms with Crippen molar-refractivity contribution in [1.82, 2.24) is 10.2 Å². The van der Waals surface area contributed by atoms with E-state index in [9.17, 15) is 4.39 Å². The maximum absolute atomic E-state index is 13.3. The normalized spacial score (nSPS) is 23.0. The van der Waals surface area contributed by atoms with Gasteiger partial charge >= 0.3 is 0 Å². The summed E-state index contributed by atoms with van der Waals surface area (Å²) in [4.78, 5) is 7.13. The smallest absolute Gasteiger partial charge is 0.188 e. The van der Waals surface area contributed by atoms with Crippen molar-refractivity contribution in [2.45, 2.75) is 44.1 Å².